The molecule has 102 valence electrons. The van der Waals surface area contributed by atoms with Crippen LogP contribution in [-0.2, 0) is 0 Å². The third-order valence-electron chi connectivity index (χ3n) is 3.80. The highest BCUT2D eigenvalue weighted by molar-refractivity contribution is 4.83. The van der Waals surface area contributed by atoms with Crippen molar-refractivity contribution in [3.63, 3.8) is 0 Å². The van der Waals surface area contributed by atoms with Crippen LogP contribution in [0, 0.1) is 11.8 Å². The lowest BCUT2D eigenvalue weighted by Gasteiger charge is -2.37. The Bertz CT molecular complexity index is 208. The molecular formula is C14H30N2O. The third kappa shape index (κ3) is 5.36. The summed E-state index contributed by atoms with van der Waals surface area (Å²) in [6.45, 7) is 13.2. The molecule has 0 aliphatic carbocycles. The second-order valence-electron chi connectivity index (χ2n) is 5.96. The minimum absolute atomic E-state index is 0.189. The average molecular weight is 242 g/mol. The summed E-state index contributed by atoms with van der Waals surface area (Å²) in [6.07, 6.45) is 1.92. The normalized spacial score (nSPS) is 28.6. The van der Waals surface area contributed by atoms with Crippen LogP contribution >= 0.6 is 0 Å². The number of aliphatic hydroxyl groups excluding tert-OH is 1. The number of rotatable bonds is 6. The number of hydrogen-bond donors (Lipinski definition) is 2. The standard InChI is InChI=1S/C14H30N2O/c1-5-16-7-6-14(12(4)10-16)15-9-13(17)8-11(2)3/h11-15,17H,5-10H2,1-4H3. The Morgan fingerprint density at radius 2 is 2.12 bits per heavy atom. The molecule has 1 rings (SSSR count). The van der Waals surface area contributed by atoms with E-state index in [9.17, 15) is 5.11 Å². The van der Waals surface area contributed by atoms with Crippen LogP contribution in [0.4, 0.5) is 0 Å². The van der Waals surface area contributed by atoms with Gasteiger partial charge in [0.05, 0.1) is 6.10 Å². The van der Waals surface area contributed by atoms with E-state index < -0.39 is 0 Å². The highest BCUT2D eigenvalue weighted by Crippen LogP contribution is 2.16. The van der Waals surface area contributed by atoms with Gasteiger partial charge >= 0.3 is 0 Å². The number of nitrogens with zero attached hydrogens (tertiary/aromatic N) is 1. The second-order valence-corrected chi connectivity index (χ2v) is 5.96. The summed E-state index contributed by atoms with van der Waals surface area (Å²) in [5, 5.41) is 13.4. The quantitative estimate of drug-likeness (QED) is 0.744. The van der Waals surface area contributed by atoms with Crippen molar-refractivity contribution in [3.05, 3.63) is 0 Å². The molecule has 0 saturated carbocycles. The molecule has 0 radical (unpaired) electrons. The molecule has 1 saturated heterocycles. The van der Waals surface area contributed by atoms with Crippen LogP contribution in [0.3, 0.4) is 0 Å². The van der Waals surface area contributed by atoms with Crippen molar-refractivity contribution >= 4 is 0 Å². The molecule has 1 heterocycles. The van der Waals surface area contributed by atoms with Crippen LogP contribution in [0.1, 0.15) is 40.5 Å². The molecule has 0 aromatic rings. The van der Waals surface area contributed by atoms with Gasteiger partial charge < -0.3 is 15.3 Å². The maximum absolute atomic E-state index is 9.86. The highest BCUT2D eigenvalue weighted by Gasteiger charge is 2.25. The average Bonchev–Trinajstić information content (AvgIpc) is 2.26. The summed E-state index contributed by atoms with van der Waals surface area (Å²) in [6, 6.07) is 0.583. The van der Waals surface area contributed by atoms with Gasteiger partial charge in [0.15, 0.2) is 0 Å². The Hall–Kier alpha value is -0.120. The number of nitrogens with one attached hydrogen (secondary N) is 1. The highest BCUT2D eigenvalue weighted by atomic mass is 16.3. The first-order chi connectivity index (χ1) is 8.02. The first kappa shape index (κ1) is 14.9. The first-order valence-electron chi connectivity index (χ1n) is 7.16. The van der Waals surface area contributed by atoms with Gasteiger partial charge in [0.25, 0.3) is 0 Å². The summed E-state index contributed by atoms with van der Waals surface area (Å²) in [4.78, 5) is 2.51. The molecule has 3 atom stereocenters. The molecule has 0 aromatic heterocycles. The van der Waals surface area contributed by atoms with Gasteiger partial charge in [-0.05, 0) is 37.8 Å². The zero-order valence-electron chi connectivity index (χ0n) is 11.9. The van der Waals surface area contributed by atoms with Crippen LogP contribution in [0.2, 0.25) is 0 Å². The zero-order valence-corrected chi connectivity index (χ0v) is 11.9. The van der Waals surface area contributed by atoms with E-state index in [4.69, 9.17) is 0 Å². The molecule has 0 amide bonds. The fourth-order valence-corrected chi connectivity index (χ4v) is 2.74. The van der Waals surface area contributed by atoms with E-state index in [2.05, 4.69) is 37.9 Å². The molecule has 3 heteroatoms. The zero-order chi connectivity index (χ0) is 12.8. The van der Waals surface area contributed by atoms with Gasteiger partial charge in [-0.25, -0.2) is 0 Å². The molecule has 3 unspecified atom stereocenters. The van der Waals surface area contributed by atoms with Crippen molar-refractivity contribution in [2.45, 2.75) is 52.7 Å². The summed E-state index contributed by atoms with van der Waals surface area (Å²) >= 11 is 0. The van der Waals surface area contributed by atoms with Gasteiger partial charge in [0, 0.05) is 19.1 Å². The van der Waals surface area contributed by atoms with Gasteiger partial charge in [0.1, 0.15) is 0 Å². The Morgan fingerprint density at radius 3 is 2.65 bits per heavy atom. The van der Waals surface area contributed by atoms with Crippen LogP contribution in [0.5, 0.6) is 0 Å². The van der Waals surface area contributed by atoms with E-state index in [0.29, 0.717) is 17.9 Å². The minimum atomic E-state index is -0.189. The van der Waals surface area contributed by atoms with Crippen molar-refractivity contribution in [3.8, 4) is 0 Å². The summed E-state index contributed by atoms with van der Waals surface area (Å²) in [5.74, 6) is 1.26. The lowest BCUT2D eigenvalue weighted by molar-refractivity contribution is 0.115. The molecule has 1 fully saturated rings. The predicted octanol–water partition coefficient (Wildman–Crippen LogP) is 1.71. The van der Waals surface area contributed by atoms with E-state index in [0.717, 1.165) is 19.5 Å². The maximum atomic E-state index is 9.86. The SMILES string of the molecule is CCN1CCC(NCC(O)CC(C)C)C(C)C1. The first-order valence-corrected chi connectivity index (χ1v) is 7.16. The van der Waals surface area contributed by atoms with E-state index in [1.54, 1.807) is 0 Å². The van der Waals surface area contributed by atoms with Crippen molar-refractivity contribution in [1.29, 1.82) is 0 Å². The molecule has 0 spiro atoms. The van der Waals surface area contributed by atoms with E-state index in [1.165, 1.54) is 19.5 Å². The fourth-order valence-electron chi connectivity index (χ4n) is 2.74. The molecule has 2 N–H and O–H groups in total. The fraction of sp³-hybridized carbons (Fsp3) is 1.00. The molecule has 0 bridgehead atoms. The molecule has 3 nitrogen and oxygen atoms in total. The van der Waals surface area contributed by atoms with Crippen LogP contribution in [0.25, 0.3) is 0 Å². The van der Waals surface area contributed by atoms with E-state index in [1.807, 2.05) is 0 Å². The van der Waals surface area contributed by atoms with Gasteiger partial charge in [-0.3, -0.25) is 0 Å². The molecule has 17 heavy (non-hydrogen) atoms. The monoisotopic (exact) mass is 242 g/mol. The van der Waals surface area contributed by atoms with Crippen molar-refractivity contribution in [2.24, 2.45) is 11.8 Å². The molecule has 1 aliphatic heterocycles. The van der Waals surface area contributed by atoms with Gasteiger partial charge in [0.2, 0.25) is 0 Å². The Labute approximate surface area is 107 Å². The molecular weight excluding hydrogens is 212 g/mol. The smallest absolute Gasteiger partial charge is 0.0667 e. The Balaban J connectivity index is 2.23. The van der Waals surface area contributed by atoms with Crippen LogP contribution < -0.4 is 5.32 Å². The van der Waals surface area contributed by atoms with Crippen molar-refractivity contribution < 1.29 is 5.11 Å². The number of piperidine rings is 1. The van der Waals surface area contributed by atoms with Gasteiger partial charge in [-0.2, -0.15) is 0 Å². The summed E-state index contributed by atoms with van der Waals surface area (Å²) < 4.78 is 0. The Kier molecular flexibility index (Phi) is 6.45. The molecule has 1 aliphatic rings. The van der Waals surface area contributed by atoms with Crippen molar-refractivity contribution in [1.82, 2.24) is 10.2 Å². The number of hydrogen-bond acceptors (Lipinski definition) is 3. The van der Waals surface area contributed by atoms with Gasteiger partial charge in [-0.1, -0.05) is 27.7 Å². The number of aliphatic hydroxyl groups is 1. The lowest BCUT2D eigenvalue weighted by atomic mass is 9.93. The van der Waals surface area contributed by atoms with Crippen LogP contribution in [-0.4, -0.2) is 48.3 Å². The van der Waals surface area contributed by atoms with Gasteiger partial charge in [-0.15, -0.1) is 0 Å². The summed E-state index contributed by atoms with van der Waals surface area (Å²) in [5.41, 5.74) is 0. The topological polar surface area (TPSA) is 35.5 Å². The number of likely N-dealkylation sites (tertiary alicyclic amines) is 1. The Morgan fingerprint density at radius 1 is 1.41 bits per heavy atom. The minimum Gasteiger partial charge on any atom is -0.392 e. The third-order valence-corrected chi connectivity index (χ3v) is 3.80. The second kappa shape index (κ2) is 7.34. The lowest BCUT2D eigenvalue weighted by Crippen LogP contribution is -2.49. The molecule has 0 aromatic carbocycles. The van der Waals surface area contributed by atoms with E-state index in [-0.39, 0.29) is 6.10 Å². The van der Waals surface area contributed by atoms with E-state index >= 15 is 0 Å². The van der Waals surface area contributed by atoms with Crippen LogP contribution in [0.15, 0.2) is 0 Å². The largest absolute Gasteiger partial charge is 0.392 e. The summed E-state index contributed by atoms with van der Waals surface area (Å²) in [7, 11) is 0. The van der Waals surface area contributed by atoms with Crippen molar-refractivity contribution in [2.75, 3.05) is 26.2 Å². The maximum Gasteiger partial charge on any atom is 0.0667 e. The predicted molar refractivity (Wildman–Crippen MR) is 73.1 cm³/mol.